The SMILES string of the molecule is O=C(c1ccc(N2CCOCC2)cc1)c1cccc(Br)n1. The number of ketones is 1. The zero-order chi connectivity index (χ0) is 14.7. The fourth-order valence-corrected chi connectivity index (χ4v) is 2.67. The molecule has 1 aliphatic heterocycles. The Morgan fingerprint density at radius 3 is 2.48 bits per heavy atom. The third-order valence-corrected chi connectivity index (χ3v) is 3.90. The molecule has 5 heteroatoms. The van der Waals surface area contributed by atoms with Gasteiger partial charge in [0, 0.05) is 24.3 Å². The average molecular weight is 347 g/mol. The maximum atomic E-state index is 12.4. The van der Waals surface area contributed by atoms with Crippen molar-refractivity contribution in [2.24, 2.45) is 0 Å². The summed E-state index contributed by atoms with van der Waals surface area (Å²) in [5.41, 5.74) is 2.22. The molecule has 0 N–H and O–H groups in total. The number of pyridine rings is 1. The first-order chi connectivity index (χ1) is 10.2. The normalized spacial score (nSPS) is 15.0. The monoisotopic (exact) mass is 346 g/mol. The highest BCUT2D eigenvalue weighted by molar-refractivity contribution is 9.10. The summed E-state index contributed by atoms with van der Waals surface area (Å²) in [7, 11) is 0. The largest absolute Gasteiger partial charge is 0.378 e. The number of hydrogen-bond donors (Lipinski definition) is 0. The van der Waals surface area contributed by atoms with Gasteiger partial charge in [-0.1, -0.05) is 6.07 Å². The Labute approximate surface area is 131 Å². The predicted molar refractivity (Wildman–Crippen MR) is 84.8 cm³/mol. The van der Waals surface area contributed by atoms with Crippen LogP contribution in [0.2, 0.25) is 0 Å². The van der Waals surface area contributed by atoms with Gasteiger partial charge in [0.05, 0.1) is 13.2 Å². The topological polar surface area (TPSA) is 42.4 Å². The van der Waals surface area contributed by atoms with Crippen molar-refractivity contribution < 1.29 is 9.53 Å². The minimum atomic E-state index is -0.0650. The molecule has 0 atom stereocenters. The van der Waals surface area contributed by atoms with Gasteiger partial charge in [0.15, 0.2) is 0 Å². The van der Waals surface area contributed by atoms with Crippen molar-refractivity contribution >= 4 is 27.4 Å². The molecule has 21 heavy (non-hydrogen) atoms. The van der Waals surface area contributed by atoms with Gasteiger partial charge in [-0.15, -0.1) is 0 Å². The van der Waals surface area contributed by atoms with E-state index in [9.17, 15) is 4.79 Å². The lowest BCUT2D eigenvalue weighted by atomic mass is 10.1. The number of carbonyl (C=O) groups is 1. The van der Waals surface area contributed by atoms with Crippen LogP contribution in [-0.4, -0.2) is 37.1 Å². The molecule has 1 fully saturated rings. The van der Waals surface area contributed by atoms with Crippen molar-refractivity contribution in [1.29, 1.82) is 0 Å². The molecule has 1 aromatic heterocycles. The number of morpholine rings is 1. The Morgan fingerprint density at radius 1 is 1.10 bits per heavy atom. The molecule has 2 heterocycles. The third-order valence-electron chi connectivity index (χ3n) is 3.45. The van der Waals surface area contributed by atoms with Crippen LogP contribution < -0.4 is 4.90 Å². The van der Waals surface area contributed by atoms with E-state index >= 15 is 0 Å². The minimum Gasteiger partial charge on any atom is -0.378 e. The number of benzene rings is 1. The van der Waals surface area contributed by atoms with Crippen LogP contribution in [0.1, 0.15) is 16.1 Å². The summed E-state index contributed by atoms with van der Waals surface area (Å²) >= 11 is 3.28. The van der Waals surface area contributed by atoms with E-state index in [0.29, 0.717) is 15.9 Å². The molecular weight excluding hydrogens is 332 g/mol. The molecule has 1 aromatic carbocycles. The standard InChI is InChI=1S/C16H15BrN2O2/c17-15-3-1-2-14(18-15)16(20)12-4-6-13(7-5-12)19-8-10-21-11-9-19/h1-7H,8-11H2. The van der Waals surface area contributed by atoms with Gasteiger partial charge in [0.2, 0.25) is 5.78 Å². The van der Waals surface area contributed by atoms with Crippen LogP contribution in [0.3, 0.4) is 0 Å². The van der Waals surface area contributed by atoms with E-state index in [-0.39, 0.29) is 5.78 Å². The van der Waals surface area contributed by atoms with E-state index in [0.717, 1.165) is 32.0 Å². The van der Waals surface area contributed by atoms with Crippen LogP contribution in [0.4, 0.5) is 5.69 Å². The lowest BCUT2D eigenvalue weighted by Crippen LogP contribution is -2.36. The highest BCUT2D eigenvalue weighted by Gasteiger charge is 2.14. The van der Waals surface area contributed by atoms with E-state index in [1.54, 1.807) is 12.1 Å². The average Bonchev–Trinajstić information content (AvgIpc) is 2.55. The van der Waals surface area contributed by atoms with Crippen LogP contribution in [0.15, 0.2) is 47.1 Å². The molecule has 1 saturated heterocycles. The molecule has 3 rings (SSSR count). The maximum Gasteiger partial charge on any atom is 0.211 e. The lowest BCUT2D eigenvalue weighted by molar-refractivity contribution is 0.103. The first-order valence-electron chi connectivity index (χ1n) is 6.84. The van der Waals surface area contributed by atoms with Crippen molar-refractivity contribution in [2.45, 2.75) is 0 Å². The highest BCUT2D eigenvalue weighted by Crippen LogP contribution is 2.18. The summed E-state index contributed by atoms with van der Waals surface area (Å²) in [6, 6.07) is 13.0. The molecule has 1 aliphatic rings. The van der Waals surface area contributed by atoms with Gasteiger partial charge in [-0.25, -0.2) is 4.98 Å². The number of halogens is 1. The number of aromatic nitrogens is 1. The second-order valence-corrected chi connectivity index (χ2v) is 5.63. The van der Waals surface area contributed by atoms with E-state index in [4.69, 9.17) is 4.74 Å². The Morgan fingerprint density at radius 2 is 1.81 bits per heavy atom. The number of rotatable bonds is 3. The van der Waals surface area contributed by atoms with Gasteiger partial charge in [-0.3, -0.25) is 4.79 Å². The molecule has 0 saturated carbocycles. The van der Waals surface area contributed by atoms with E-state index in [1.807, 2.05) is 30.3 Å². The summed E-state index contributed by atoms with van der Waals surface area (Å²) in [6.45, 7) is 3.28. The summed E-state index contributed by atoms with van der Waals surface area (Å²) in [6.07, 6.45) is 0. The molecular formula is C16H15BrN2O2. The minimum absolute atomic E-state index is 0.0650. The zero-order valence-electron chi connectivity index (χ0n) is 11.5. The van der Waals surface area contributed by atoms with E-state index in [2.05, 4.69) is 25.8 Å². The van der Waals surface area contributed by atoms with Crippen molar-refractivity contribution in [3.05, 3.63) is 58.3 Å². The first-order valence-corrected chi connectivity index (χ1v) is 7.63. The van der Waals surface area contributed by atoms with Crippen molar-refractivity contribution in [3.8, 4) is 0 Å². The van der Waals surface area contributed by atoms with Gasteiger partial charge >= 0.3 is 0 Å². The smallest absolute Gasteiger partial charge is 0.211 e. The predicted octanol–water partition coefficient (Wildman–Crippen LogP) is 2.91. The number of ether oxygens (including phenoxy) is 1. The van der Waals surface area contributed by atoms with Gasteiger partial charge in [0.1, 0.15) is 10.3 Å². The van der Waals surface area contributed by atoms with Crippen molar-refractivity contribution in [1.82, 2.24) is 4.98 Å². The molecule has 0 amide bonds. The summed E-state index contributed by atoms with van der Waals surface area (Å²) in [5.74, 6) is -0.0650. The Balaban J connectivity index is 1.78. The summed E-state index contributed by atoms with van der Waals surface area (Å²) in [5, 5.41) is 0. The molecule has 0 unspecified atom stereocenters. The number of nitrogens with zero attached hydrogens (tertiary/aromatic N) is 2. The Kier molecular flexibility index (Phi) is 4.31. The fourth-order valence-electron chi connectivity index (χ4n) is 2.33. The van der Waals surface area contributed by atoms with Gasteiger partial charge < -0.3 is 9.64 Å². The molecule has 108 valence electrons. The molecule has 0 spiro atoms. The van der Waals surface area contributed by atoms with Crippen molar-refractivity contribution in [3.63, 3.8) is 0 Å². The van der Waals surface area contributed by atoms with Gasteiger partial charge in [0.25, 0.3) is 0 Å². The van der Waals surface area contributed by atoms with E-state index < -0.39 is 0 Å². The Hall–Kier alpha value is -1.72. The molecule has 0 radical (unpaired) electrons. The molecule has 2 aromatic rings. The second kappa shape index (κ2) is 6.37. The lowest BCUT2D eigenvalue weighted by Gasteiger charge is -2.28. The van der Waals surface area contributed by atoms with Crippen molar-refractivity contribution in [2.75, 3.05) is 31.2 Å². The Bertz CT molecular complexity index is 637. The van der Waals surface area contributed by atoms with Crippen LogP contribution >= 0.6 is 15.9 Å². The third kappa shape index (κ3) is 3.31. The quantitative estimate of drug-likeness (QED) is 0.633. The zero-order valence-corrected chi connectivity index (χ0v) is 13.0. The summed E-state index contributed by atoms with van der Waals surface area (Å²) in [4.78, 5) is 18.8. The number of anilines is 1. The second-order valence-electron chi connectivity index (χ2n) is 4.82. The maximum absolute atomic E-state index is 12.4. The number of hydrogen-bond acceptors (Lipinski definition) is 4. The van der Waals surface area contributed by atoms with Crippen LogP contribution in [0, 0.1) is 0 Å². The van der Waals surface area contributed by atoms with Crippen LogP contribution in [0.5, 0.6) is 0 Å². The van der Waals surface area contributed by atoms with Crippen LogP contribution in [0.25, 0.3) is 0 Å². The first kappa shape index (κ1) is 14.2. The molecule has 0 aliphatic carbocycles. The molecule has 0 bridgehead atoms. The molecule has 4 nitrogen and oxygen atoms in total. The fraction of sp³-hybridized carbons (Fsp3) is 0.250. The van der Waals surface area contributed by atoms with E-state index in [1.165, 1.54) is 0 Å². The highest BCUT2D eigenvalue weighted by atomic mass is 79.9. The van der Waals surface area contributed by atoms with Crippen LogP contribution in [-0.2, 0) is 4.74 Å². The van der Waals surface area contributed by atoms with Gasteiger partial charge in [-0.05, 0) is 52.3 Å². The number of carbonyl (C=O) groups excluding carboxylic acids is 1. The van der Waals surface area contributed by atoms with Gasteiger partial charge in [-0.2, -0.15) is 0 Å². The summed E-state index contributed by atoms with van der Waals surface area (Å²) < 4.78 is 6.01.